The molecule has 0 nitrogen and oxygen atoms in total. The third-order valence-electron chi connectivity index (χ3n) is 1.03. The average molecular weight is 296 g/mol. The molecule has 1 rings (SSSR count). The molecule has 0 aliphatic rings. The zero-order valence-corrected chi connectivity index (χ0v) is 8.44. The Morgan fingerprint density at radius 2 is 2.11 bits per heavy atom. The van der Waals surface area contributed by atoms with Gasteiger partial charge in [-0.3, -0.25) is 0 Å². The summed E-state index contributed by atoms with van der Waals surface area (Å²) >= 11 is 5.66. The van der Waals surface area contributed by atoms with Crippen LogP contribution in [0.1, 0.15) is 5.56 Å². The largest absolute Gasteiger partial charge is 0.0608 e. The van der Waals surface area contributed by atoms with Crippen molar-refractivity contribution < 1.29 is 0 Å². The van der Waals surface area contributed by atoms with E-state index in [1.807, 2.05) is 18.2 Å². The molecular weight excluding hydrogens is 291 g/mol. The van der Waals surface area contributed by atoms with Gasteiger partial charge in [0.25, 0.3) is 0 Å². The van der Waals surface area contributed by atoms with E-state index in [0.717, 1.165) is 10.0 Å². The van der Waals surface area contributed by atoms with Gasteiger partial charge in [0.2, 0.25) is 0 Å². The number of benzene rings is 1. The monoisotopic (exact) mass is 295 g/mol. The van der Waals surface area contributed by atoms with Crippen LogP contribution in [-0.4, -0.2) is 0 Å². The van der Waals surface area contributed by atoms with Crippen molar-refractivity contribution in [1.82, 2.24) is 0 Å². The smallest absolute Gasteiger partial charge is 0.0311 e. The molecule has 0 atom stereocenters. The normalized spacial score (nSPS) is 9.67. The quantitative estimate of drug-likeness (QED) is 0.645. The Labute approximate surface area is 76.9 Å². The van der Waals surface area contributed by atoms with Crippen LogP contribution in [0.25, 0.3) is 0 Å². The summed E-state index contributed by atoms with van der Waals surface area (Å²) in [6.07, 6.45) is 0. The Bertz CT molecular complexity index is 200. The molecule has 0 aromatic heterocycles. The molecule has 0 unspecified atom stereocenters. The molecule has 0 fully saturated rings. The molecule has 0 aliphatic heterocycles. The number of hydrogen-bond acceptors (Lipinski definition) is 0. The van der Waals surface area contributed by atoms with E-state index < -0.39 is 0 Å². The van der Waals surface area contributed by atoms with Gasteiger partial charge in [0.05, 0.1) is 0 Å². The van der Waals surface area contributed by atoms with Gasteiger partial charge in [-0.25, -0.2) is 0 Å². The van der Waals surface area contributed by atoms with Gasteiger partial charge in [0.15, 0.2) is 0 Å². The van der Waals surface area contributed by atoms with Crippen molar-refractivity contribution in [1.29, 1.82) is 0 Å². The molecule has 0 saturated heterocycles. The van der Waals surface area contributed by atoms with Crippen molar-refractivity contribution >= 4 is 38.5 Å². The molecule has 0 aliphatic carbocycles. The number of halogens is 2. The van der Waals surface area contributed by atoms with Crippen LogP contribution in [0.3, 0.4) is 0 Å². The molecule has 9 heavy (non-hydrogen) atoms. The van der Waals surface area contributed by atoms with Crippen molar-refractivity contribution in [3.05, 3.63) is 38.7 Å². The Hall–Kier alpha value is 0.430. The Balaban J connectivity index is 3.25. The molecule has 47 valence electrons. The molecular formula is C7H5BrI. The maximum Gasteiger partial charge on any atom is 0.0311 e. The van der Waals surface area contributed by atoms with E-state index in [4.69, 9.17) is 0 Å². The molecule has 2 heteroatoms. The first-order valence-corrected chi connectivity index (χ1v) is 4.35. The standard InChI is InChI=1S/C7H5BrI/c1-5-3-2-4-6(8)7(5)9/h2-4H,1H2. The minimum atomic E-state index is 1.07. The highest BCUT2D eigenvalue weighted by Gasteiger charge is 1.95. The summed E-state index contributed by atoms with van der Waals surface area (Å²) in [5, 5.41) is 0. The predicted octanol–water partition coefficient (Wildman–Crippen LogP) is 3.24. The van der Waals surface area contributed by atoms with Crippen molar-refractivity contribution in [2.75, 3.05) is 0 Å². The Morgan fingerprint density at radius 1 is 1.44 bits per heavy atom. The topological polar surface area (TPSA) is 0 Å². The van der Waals surface area contributed by atoms with Crippen LogP contribution < -0.4 is 0 Å². The lowest BCUT2D eigenvalue weighted by atomic mass is 10.2. The predicted molar refractivity (Wildman–Crippen MR) is 51.3 cm³/mol. The highest BCUT2D eigenvalue weighted by Crippen LogP contribution is 2.21. The van der Waals surface area contributed by atoms with Crippen LogP contribution in [0.5, 0.6) is 0 Å². The van der Waals surface area contributed by atoms with Crippen LogP contribution in [-0.2, 0) is 0 Å². The molecule has 0 bridgehead atoms. The summed E-state index contributed by atoms with van der Waals surface area (Å²) in [5.41, 5.74) is 1.07. The van der Waals surface area contributed by atoms with E-state index in [1.54, 1.807) is 0 Å². The molecule has 0 spiro atoms. The first kappa shape index (κ1) is 7.54. The third-order valence-corrected chi connectivity index (χ3v) is 3.71. The lowest BCUT2D eigenvalue weighted by molar-refractivity contribution is 1.51. The van der Waals surface area contributed by atoms with Gasteiger partial charge in [-0.15, -0.1) is 0 Å². The van der Waals surface area contributed by atoms with Crippen LogP contribution in [0.4, 0.5) is 0 Å². The number of rotatable bonds is 0. The second kappa shape index (κ2) is 3.01. The van der Waals surface area contributed by atoms with Crippen LogP contribution in [0.15, 0.2) is 22.7 Å². The first-order chi connectivity index (χ1) is 4.22. The highest BCUT2D eigenvalue weighted by molar-refractivity contribution is 14.1. The van der Waals surface area contributed by atoms with Crippen LogP contribution in [0.2, 0.25) is 0 Å². The molecule has 0 amide bonds. The van der Waals surface area contributed by atoms with Gasteiger partial charge in [0, 0.05) is 8.04 Å². The second-order valence-corrected chi connectivity index (χ2v) is 3.65. The van der Waals surface area contributed by atoms with Crippen molar-refractivity contribution in [2.24, 2.45) is 0 Å². The van der Waals surface area contributed by atoms with Gasteiger partial charge in [-0.2, -0.15) is 0 Å². The van der Waals surface area contributed by atoms with Gasteiger partial charge in [-0.05, 0) is 57.1 Å². The Morgan fingerprint density at radius 3 is 2.56 bits per heavy atom. The van der Waals surface area contributed by atoms with Gasteiger partial charge < -0.3 is 0 Å². The summed E-state index contributed by atoms with van der Waals surface area (Å²) in [6.45, 7) is 3.84. The second-order valence-electron chi connectivity index (χ2n) is 1.71. The lowest BCUT2D eigenvalue weighted by Crippen LogP contribution is -1.78. The zero-order chi connectivity index (χ0) is 6.85. The molecule has 0 saturated carbocycles. The maximum absolute atomic E-state index is 3.84. The summed E-state index contributed by atoms with van der Waals surface area (Å²) in [4.78, 5) is 0. The summed E-state index contributed by atoms with van der Waals surface area (Å²) in [7, 11) is 0. The summed E-state index contributed by atoms with van der Waals surface area (Å²) in [6, 6.07) is 5.98. The van der Waals surface area contributed by atoms with Crippen molar-refractivity contribution in [3.63, 3.8) is 0 Å². The van der Waals surface area contributed by atoms with E-state index in [0.29, 0.717) is 0 Å². The van der Waals surface area contributed by atoms with Crippen molar-refractivity contribution in [3.8, 4) is 0 Å². The highest BCUT2D eigenvalue weighted by atomic mass is 127. The van der Waals surface area contributed by atoms with E-state index in [-0.39, 0.29) is 0 Å². The zero-order valence-electron chi connectivity index (χ0n) is 4.70. The molecule has 1 aromatic carbocycles. The fourth-order valence-corrected chi connectivity index (χ4v) is 1.32. The molecule has 1 aromatic rings. The molecule has 1 radical (unpaired) electrons. The summed E-state index contributed by atoms with van der Waals surface area (Å²) < 4.78 is 2.31. The lowest BCUT2D eigenvalue weighted by Gasteiger charge is -1.97. The van der Waals surface area contributed by atoms with Crippen molar-refractivity contribution in [2.45, 2.75) is 0 Å². The third kappa shape index (κ3) is 1.67. The van der Waals surface area contributed by atoms with Crippen LogP contribution in [0, 0.1) is 10.5 Å². The van der Waals surface area contributed by atoms with E-state index in [9.17, 15) is 0 Å². The fraction of sp³-hybridized carbons (Fsp3) is 0. The van der Waals surface area contributed by atoms with Gasteiger partial charge in [-0.1, -0.05) is 12.1 Å². The van der Waals surface area contributed by atoms with E-state index >= 15 is 0 Å². The minimum Gasteiger partial charge on any atom is -0.0608 e. The van der Waals surface area contributed by atoms with Gasteiger partial charge >= 0.3 is 0 Å². The number of hydrogen-bond donors (Lipinski definition) is 0. The molecule has 0 heterocycles. The Kier molecular flexibility index (Phi) is 2.52. The van der Waals surface area contributed by atoms with E-state index in [2.05, 4.69) is 45.4 Å². The minimum absolute atomic E-state index is 1.07. The molecule has 0 N–H and O–H groups in total. The van der Waals surface area contributed by atoms with E-state index in [1.165, 1.54) is 3.57 Å². The SMILES string of the molecule is [CH2]c1cccc(Br)c1I. The van der Waals surface area contributed by atoms with Crippen LogP contribution >= 0.6 is 38.5 Å². The maximum atomic E-state index is 3.84. The summed E-state index contributed by atoms with van der Waals surface area (Å²) in [5.74, 6) is 0. The first-order valence-electron chi connectivity index (χ1n) is 2.48. The average Bonchev–Trinajstić information content (AvgIpc) is 1.83. The van der Waals surface area contributed by atoms with Gasteiger partial charge in [0.1, 0.15) is 0 Å². The fourth-order valence-electron chi connectivity index (χ4n) is 0.548.